The molecule has 0 aromatic heterocycles. The normalized spacial score (nSPS) is 22.5. The molecule has 1 aliphatic rings. The van der Waals surface area contributed by atoms with Crippen molar-refractivity contribution in [2.24, 2.45) is 0 Å². The average Bonchev–Trinajstić information content (AvgIpc) is 2.81. The highest BCUT2D eigenvalue weighted by molar-refractivity contribution is 8.00. The third-order valence-corrected chi connectivity index (χ3v) is 5.00. The molecule has 0 spiro atoms. The molecule has 0 saturated carbocycles. The summed E-state index contributed by atoms with van der Waals surface area (Å²) in [6, 6.07) is 0. The van der Waals surface area contributed by atoms with Crippen LogP contribution in [0.2, 0.25) is 0 Å². The van der Waals surface area contributed by atoms with Crippen LogP contribution in [-0.2, 0) is 0 Å². The van der Waals surface area contributed by atoms with Gasteiger partial charge in [0.05, 0.1) is 6.10 Å². The van der Waals surface area contributed by atoms with Gasteiger partial charge in [0.1, 0.15) is 0 Å². The largest absolute Gasteiger partial charge is 0.392 e. The smallest absolute Gasteiger partial charge is 0.0658 e. The van der Waals surface area contributed by atoms with E-state index in [4.69, 9.17) is 0 Å². The first-order valence-electron chi connectivity index (χ1n) is 7.14. The number of aliphatic hydroxyl groups excluding tert-OH is 1. The topological polar surface area (TPSA) is 20.2 Å². The Morgan fingerprint density at radius 3 is 2.44 bits per heavy atom. The van der Waals surface area contributed by atoms with E-state index in [0.29, 0.717) is 5.25 Å². The highest BCUT2D eigenvalue weighted by atomic mass is 32.2. The van der Waals surface area contributed by atoms with Crippen LogP contribution in [0.4, 0.5) is 0 Å². The second kappa shape index (κ2) is 9.35. The first-order chi connectivity index (χ1) is 7.84. The second-order valence-electron chi connectivity index (χ2n) is 5.03. The molecule has 0 radical (unpaired) electrons. The molecule has 0 aliphatic carbocycles. The van der Waals surface area contributed by atoms with Crippen LogP contribution in [0.5, 0.6) is 0 Å². The van der Waals surface area contributed by atoms with Crippen molar-refractivity contribution in [2.75, 3.05) is 5.75 Å². The van der Waals surface area contributed by atoms with E-state index in [-0.39, 0.29) is 6.10 Å². The zero-order valence-corrected chi connectivity index (χ0v) is 11.6. The summed E-state index contributed by atoms with van der Waals surface area (Å²) < 4.78 is 0. The van der Waals surface area contributed by atoms with Crippen molar-refractivity contribution in [3.05, 3.63) is 0 Å². The maximum absolute atomic E-state index is 9.97. The molecule has 96 valence electrons. The average molecular weight is 244 g/mol. The van der Waals surface area contributed by atoms with Crippen molar-refractivity contribution in [1.82, 2.24) is 0 Å². The summed E-state index contributed by atoms with van der Waals surface area (Å²) >= 11 is 1.98. The Balaban J connectivity index is 1.86. The van der Waals surface area contributed by atoms with Gasteiger partial charge in [0.2, 0.25) is 0 Å². The van der Waals surface area contributed by atoms with Crippen LogP contribution >= 0.6 is 11.8 Å². The molecule has 1 fully saturated rings. The van der Waals surface area contributed by atoms with Crippen molar-refractivity contribution in [2.45, 2.75) is 82.5 Å². The third-order valence-electron chi connectivity index (χ3n) is 3.50. The second-order valence-corrected chi connectivity index (χ2v) is 6.38. The van der Waals surface area contributed by atoms with E-state index in [0.717, 1.165) is 6.42 Å². The molecule has 16 heavy (non-hydrogen) atoms. The van der Waals surface area contributed by atoms with Gasteiger partial charge < -0.3 is 5.11 Å². The summed E-state index contributed by atoms with van der Waals surface area (Å²) in [5.41, 5.74) is 0. The zero-order chi connectivity index (χ0) is 11.6. The first kappa shape index (κ1) is 14.4. The van der Waals surface area contributed by atoms with Gasteiger partial charge in [-0.05, 0) is 25.0 Å². The number of hydrogen-bond donors (Lipinski definition) is 1. The molecular weight excluding hydrogens is 216 g/mol. The van der Waals surface area contributed by atoms with Gasteiger partial charge in [0.25, 0.3) is 0 Å². The molecule has 0 aromatic carbocycles. The Kier molecular flexibility index (Phi) is 8.40. The molecule has 1 rings (SSSR count). The lowest BCUT2D eigenvalue weighted by molar-refractivity contribution is 0.156. The highest BCUT2D eigenvalue weighted by Crippen LogP contribution is 2.30. The molecule has 1 aliphatic heterocycles. The molecule has 0 bridgehead atoms. The quantitative estimate of drug-likeness (QED) is 0.607. The Labute approximate surface area is 105 Å². The molecule has 1 nitrogen and oxygen atoms in total. The van der Waals surface area contributed by atoms with Crippen LogP contribution in [0.3, 0.4) is 0 Å². The van der Waals surface area contributed by atoms with Crippen LogP contribution in [0.25, 0.3) is 0 Å². The molecule has 1 saturated heterocycles. The Hall–Kier alpha value is 0.310. The lowest BCUT2D eigenvalue weighted by Gasteiger charge is -2.16. The predicted molar refractivity (Wildman–Crippen MR) is 74.1 cm³/mol. The molecular formula is C14H28OS. The van der Waals surface area contributed by atoms with Crippen LogP contribution in [-0.4, -0.2) is 22.2 Å². The first-order valence-corrected chi connectivity index (χ1v) is 8.19. The van der Waals surface area contributed by atoms with Crippen LogP contribution in [0, 0.1) is 0 Å². The molecule has 2 unspecified atom stereocenters. The van der Waals surface area contributed by atoms with Crippen molar-refractivity contribution in [3.8, 4) is 0 Å². The SMILES string of the molecule is CCCCCCCCCC(O)C1CCCS1. The van der Waals surface area contributed by atoms with Gasteiger partial charge in [-0.3, -0.25) is 0 Å². The van der Waals surface area contributed by atoms with Crippen molar-refractivity contribution < 1.29 is 5.11 Å². The van der Waals surface area contributed by atoms with E-state index >= 15 is 0 Å². The number of thioether (sulfide) groups is 1. The minimum atomic E-state index is -0.0249. The van der Waals surface area contributed by atoms with E-state index < -0.39 is 0 Å². The number of unbranched alkanes of at least 4 members (excludes halogenated alkanes) is 6. The zero-order valence-electron chi connectivity index (χ0n) is 10.8. The van der Waals surface area contributed by atoms with Crippen LogP contribution in [0.1, 0.15) is 71.1 Å². The summed E-state index contributed by atoms with van der Waals surface area (Å²) in [6.45, 7) is 2.26. The fourth-order valence-corrected chi connectivity index (χ4v) is 3.73. The molecule has 1 heterocycles. The molecule has 0 aromatic rings. The maximum Gasteiger partial charge on any atom is 0.0658 e. The van der Waals surface area contributed by atoms with Crippen molar-refractivity contribution in [1.29, 1.82) is 0 Å². The number of rotatable bonds is 9. The maximum atomic E-state index is 9.97. The monoisotopic (exact) mass is 244 g/mol. The summed E-state index contributed by atoms with van der Waals surface area (Å²) in [6.07, 6.45) is 13.0. The lowest BCUT2D eigenvalue weighted by atomic mass is 10.0. The van der Waals surface area contributed by atoms with E-state index in [2.05, 4.69) is 6.92 Å². The lowest BCUT2D eigenvalue weighted by Crippen LogP contribution is -2.20. The minimum absolute atomic E-state index is 0.0249. The minimum Gasteiger partial charge on any atom is -0.392 e. The van der Waals surface area contributed by atoms with E-state index in [1.54, 1.807) is 0 Å². The standard InChI is InChI=1S/C14H28OS/c1-2-3-4-5-6-7-8-10-13(15)14-11-9-12-16-14/h13-15H,2-12H2,1H3. The van der Waals surface area contributed by atoms with Gasteiger partial charge in [-0.1, -0.05) is 51.9 Å². The Morgan fingerprint density at radius 1 is 1.12 bits per heavy atom. The van der Waals surface area contributed by atoms with Crippen LogP contribution < -0.4 is 0 Å². The van der Waals surface area contributed by atoms with Gasteiger partial charge in [-0.2, -0.15) is 11.8 Å². The molecule has 2 atom stereocenters. The summed E-state index contributed by atoms with van der Waals surface area (Å²) in [4.78, 5) is 0. The number of aliphatic hydroxyl groups is 1. The summed E-state index contributed by atoms with van der Waals surface area (Å²) in [7, 11) is 0. The fourth-order valence-electron chi connectivity index (χ4n) is 2.40. The summed E-state index contributed by atoms with van der Waals surface area (Å²) in [5, 5.41) is 10.5. The van der Waals surface area contributed by atoms with Crippen molar-refractivity contribution in [3.63, 3.8) is 0 Å². The van der Waals surface area contributed by atoms with E-state index in [1.165, 1.54) is 63.5 Å². The fraction of sp³-hybridized carbons (Fsp3) is 1.00. The van der Waals surface area contributed by atoms with Gasteiger partial charge in [0, 0.05) is 5.25 Å². The predicted octanol–water partition coefficient (Wildman–Crippen LogP) is 4.38. The molecule has 2 heteroatoms. The highest BCUT2D eigenvalue weighted by Gasteiger charge is 2.22. The van der Waals surface area contributed by atoms with Gasteiger partial charge in [-0.15, -0.1) is 0 Å². The third kappa shape index (κ3) is 6.15. The van der Waals surface area contributed by atoms with Crippen molar-refractivity contribution >= 4 is 11.8 Å². The number of hydrogen-bond acceptors (Lipinski definition) is 2. The Bertz CT molecular complexity index is 155. The van der Waals surface area contributed by atoms with Gasteiger partial charge >= 0.3 is 0 Å². The molecule has 1 N–H and O–H groups in total. The summed E-state index contributed by atoms with van der Waals surface area (Å²) in [5.74, 6) is 1.26. The van der Waals surface area contributed by atoms with Gasteiger partial charge in [-0.25, -0.2) is 0 Å². The van der Waals surface area contributed by atoms with Gasteiger partial charge in [0.15, 0.2) is 0 Å². The van der Waals surface area contributed by atoms with Crippen LogP contribution in [0.15, 0.2) is 0 Å². The van der Waals surface area contributed by atoms with E-state index in [1.807, 2.05) is 11.8 Å². The Morgan fingerprint density at radius 2 is 1.81 bits per heavy atom. The van der Waals surface area contributed by atoms with E-state index in [9.17, 15) is 5.11 Å². The molecule has 0 amide bonds.